The fourth-order valence-electron chi connectivity index (χ4n) is 2.42. The van der Waals surface area contributed by atoms with Crippen molar-refractivity contribution in [2.45, 2.75) is 84.8 Å². The van der Waals surface area contributed by atoms with E-state index >= 15 is 0 Å². The van der Waals surface area contributed by atoms with Crippen molar-refractivity contribution < 1.29 is 23.8 Å². The topological polar surface area (TPSA) is 73.9 Å². The summed E-state index contributed by atoms with van der Waals surface area (Å²) in [7, 11) is 0. The quantitative estimate of drug-likeness (QED) is 0.650. The molecule has 0 bridgehead atoms. The molecule has 0 radical (unpaired) electrons. The average molecular weight is 379 g/mol. The molecule has 6 nitrogen and oxygen atoms in total. The van der Waals surface area contributed by atoms with Crippen LogP contribution in [-0.2, 0) is 25.6 Å². The minimum Gasteiger partial charge on any atom is -0.458 e. The van der Waals surface area contributed by atoms with Crippen molar-refractivity contribution in [2.24, 2.45) is 0 Å². The summed E-state index contributed by atoms with van der Waals surface area (Å²) in [5.74, 6) is -0.516. The predicted molar refractivity (Wildman–Crippen MR) is 104 cm³/mol. The Hall–Kier alpha value is -2.08. The number of amides is 1. The summed E-state index contributed by atoms with van der Waals surface area (Å²) in [6, 6.07) is 9.05. The molecule has 1 rings (SSSR count). The Balaban J connectivity index is 2.54. The highest BCUT2D eigenvalue weighted by Gasteiger charge is 2.26. The van der Waals surface area contributed by atoms with Gasteiger partial charge in [-0.05, 0) is 46.6 Å². The van der Waals surface area contributed by atoms with Gasteiger partial charge in [0.15, 0.2) is 0 Å². The summed E-state index contributed by atoms with van der Waals surface area (Å²) in [6.45, 7) is 11.2. The number of carbonyl (C=O) groups is 2. The van der Waals surface area contributed by atoms with Crippen LogP contribution in [0.1, 0.15) is 59.9 Å². The number of benzene rings is 1. The first-order valence-electron chi connectivity index (χ1n) is 9.48. The van der Waals surface area contributed by atoms with E-state index in [1.807, 2.05) is 37.3 Å². The summed E-state index contributed by atoms with van der Waals surface area (Å²) in [5, 5.41) is 2.49. The van der Waals surface area contributed by atoms with Gasteiger partial charge in [0.25, 0.3) is 0 Å². The van der Waals surface area contributed by atoms with Gasteiger partial charge in [-0.3, -0.25) is 0 Å². The van der Waals surface area contributed by atoms with Crippen LogP contribution in [0.2, 0.25) is 0 Å². The van der Waals surface area contributed by atoms with Crippen LogP contribution in [-0.4, -0.2) is 35.9 Å². The lowest BCUT2D eigenvalue weighted by Crippen LogP contribution is -2.44. The summed E-state index contributed by atoms with van der Waals surface area (Å²) >= 11 is 0. The second kappa shape index (κ2) is 10.9. The van der Waals surface area contributed by atoms with Gasteiger partial charge in [-0.2, -0.15) is 0 Å². The number of alkyl carbamates (subject to hydrolysis) is 1. The first-order valence-corrected chi connectivity index (χ1v) is 9.48. The molecule has 0 fully saturated rings. The summed E-state index contributed by atoms with van der Waals surface area (Å²) in [6.07, 6.45) is 0.393. The maximum atomic E-state index is 12.3. The average Bonchev–Trinajstić information content (AvgIpc) is 2.57. The smallest absolute Gasteiger partial charge is 0.408 e. The largest absolute Gasteiger partial charge is 0.458 e. The Morgan fingerprint density at radius 3 is 2.30 bits per heavy atom. The number of hydrogen-bond donors (Lipinski definition) is 1. The van der Waals surface area contributed by atoms with Gasteiger partial charge in [0.1, 0.15) is 17.7 Å². The van der Waals surface area contributed by atoms with Crippen LogP contribution >= 0.6 is 0 Å². The van der Waals surface area contributed by atoms with E-state index in [0.717, 1.165) is 18.4 Å². The van der Waals surface area contributed by atoms with Crippen LogP contribution in [0.25, 0.3) is 0 Å². The van der Waals surface area contributed by atoms with Crippen LogP contribution in [0, 0.1) is 0 Å². The lowest BCUT2D eigenvalue weighted by atomic mass is 10.1. The fraction of sp³-hybridized carbons (Fsp3) is 0.619. The van der Waals surface area contributed by atoms with Gasteiger partial charge in [-0.15, -0.1) is 0 Å². The molecular weight excluding hydrogens is 346 g/mol. The molecule has 1 N–H and O–H groups in total. The van der Waals surface area contributed by atoms with Crippen LogP contribution in [0.4, 0.5) is 4.79 Å². The van der Waals surface area contributed by atoms with Crippen molar-refractivity contribution in [1.82, 2.24) is 5.32 Å². The molecule has 6 heteroatoms. The Morgan fingerprint density at radius 1 is 1.11 bits per heavy atom. The minimum atomic E-state index is -0.807. The monoisotopic (exact) mass is 379 g/mol. The molecule has 0 saturated carbocycles. The molecule has 0 unspecified atom stereocenters. The Morgan fingerprint density at radius 2 is 1.74 bits per heavy atom. The van der Waals surface area contributed by atoms with E-state index in [2.05, 4.69) is 12.2 Å². The second-order valence-corrected chi connectivity index (χ2v) is 7.63. The van der Waals surface area contributed by atoms with Crippen LogP contribution in [0.5, 0.6) is 0 Å². The molecule has 152 valence electrons. The number of esters is 1. The second-order valence-electron chi connectivity index (χ2n) is 7.63. The zero-order chi connectivity index (χ0) is 20.4. The molecule has 0 aromatic heterocycles. The maximum Gasteiger partial charge on any atom is 0.408 e. The molecule has 0 saturated heterocycles. The standard InChI is InChI=1S/C21H33NO5/c1-7-11-18(25-14-17-12-9-8-10-13-17)16(3)26-19(23)15(2)22-20(24)27-21(4,5)6/h8-10,12-13,15-16,18H,7,11,14H2,1-6H3,(H,22,24)/t15-,16-,18+/m0/s1. The number of hydrogen-bond acceptors (Lipinski definition) is 5. The highest BCUT2D eigenvalue weighted by atomic mass is 16.6. The molecule has 1 amide bonds. The van der Waals surface area contributed by atoms with Gasteiger partial charge in [0.2, 0.25) is 0 Å². The normalized spacial score (nSPS) is 14.7. The molecule has 0 aliphatic heterocycles. The Kier molecular flexibility index (Phi) is 9.29. The highest BCUT2D eigenvalue weighted by Crippen LogP contribution is 2.15. The zero-order valence-corrected chi connectivity index (χ0v) is 17.3. The van der Waals surface area contributed by atoms with Crippen molar-refractivity contribution in [3.8, 4) is 0 Å². The molecular formula is C21H33NO5. The fourth-order valence-corrected chi connectivity index (χ4v) is 2.42. The lowest BCUT2D eigenvalue weighted by Gasteiger charge is -2.26. The molecule has 1 aromatic rings. The van der Waals surface area contributed by atoms with Gasteiger partial charge in [-0.25, -0.2) is 9.59 Å². The maximum absolute atomic E-state index is 12.3. The van der Waals surface area contributed by atoms with Gasteiger partial charge in [0, 0.05) is 0 Å². The zero-order valence-electron chi connectivity index (χ0n) is 17.3. The Bertz CT molecular complexity index is 582. The van der Waals surface area contributed by atoms with Gasteiger partial charge >= 0.3 is 12.1 Å². The Labute approximate surface area is 162 Å². The first-order chi connectivity index (χ1) is 12.6. The van der Waals surface area contributed by atoms with Crippen LogP contribution in [0.15, 0.2) is 30.3 Å². The number of rotatable bonds is 9. The van der Waals surface area contributed by atoms with Crippen molar-refractivity contribution in [3.63, 3.8) is 0 Å². The predicted octanol–water partition coefficient (Wildman–Crippen LogP) is 4.22. The van der Waals surface area contributed by atoms with E-state index < -0.39 is 29.8 Å². The van der Waals surface area contributed by atoms with E-state index in [1.165, 1.54) is 0 Å². The van der Waals surface area contributed by atoms with Crippen molar-refractivity contribution >= 4 is 12.1 Å². The first kappa shape index (κ1) is 23.0. The third-order valence-corrected chi connectivity index (χ3v) is 3.79. The van der Waals surface area contributed by atoms with E-state index in [-0.39, 0.29) is 6.10 Å². The number of ether oxygens (including phenoxy) is 3. The van der Waals surface area contributed by atoms with Gasteiger partial charge in [0.05, 0.1) is 12.7 Å². The summed E-state index contributed by atoms with van der Waals surface area (Å²) in [5.41, 5.74) is 0.440. The molecule has 0 heterocycles. The molecule has 0 spiro atoms. The SMILES string of the molecule is CCC[C@@H](OCc1ccccc1)[C@H](C)OC(=O)[C@H](C)NC(=O)OC(C)(C)C. The highest BCUT2D eigenvalue weighted by molar-refractivity contribution is 5.81. The van der Waals surface area contributed by atoms with Crippen molar-refractivity contribution in [2.75, 3.05) is 0 Å². The van der Waals surface area contributed by atoms with Crippen LogP contribution < -0.4 is 5.32 Å². The molecule has 0 aliphatic rings. The third kappa shape index (κ3) is 9.43. The van der Waals surface area contributed by atoms with E-state index in [1.54, 1.807) is 27.7 Å². The lowest BCUT2D eigenvalue weighted by molar-refractivity contribution is -0.159. The summed E-state index contributed by atoms with van der Waals surface area (Å²) < 4.78 is 16.6. The molecule has 0 aliphatic carbocycles. The number of carbonyl (C=O) groups excluding carboxylic acids is 2. The van der Waals surface area contributed by atoms with Gasteiger partial charge in [-0.1, -0.05) is 43.7 Å². The molecule has 27 heavy (non-hydrogen) atoms. The van der Waals surface area contributed by atoms with Crippen molar-refractivity contribution in [1.29, 1.82) is 0 Å². The number of nitrogens with one attached hydrogen (secondary N) is 1. The van der Waals surface area contributed by atoms with E-state index in [0.29, 0.717) is 6.61 Å². The molecule has 3 atom stereocenters. The van der Waals surface area contributed by atoms with Crippen molar-refractivity contribution in [3.05, 3.63) is 35.9 Å². The molecule has 1 aromatic carbocycles. The minimum absolute atomic E-state index is 0.215. The van der Waals surface area contributed by atoms with E-state index in [9.17, 15) is 9.59 Å². The summed E-state index contributed by atoms with van der Waals surface area (Å²) in [4.78, 5) is 24.1. The van der Waals surface area contributed by atoms with E-state index in [4.69, 9.17) is 14.2 Å². The van der Waals surface area contributed by atoms with Gasteiger partial charge < -0.3 is 19.5 Å². The third-order valence-electron chi connectivity index (χ3n) is 3.79. The van der Waals surface area contributed by atoms with Crippen LogP contribution in [0.3, 0.4) is 0 Å².